The van der Waals surface area contributed by atoms with Crippen molar-refractivity contribution in [1.29, 1.82) is 0 Å². The molecule has 1 aromatic carbocycles. The monoisotopic (exact) mass is 360 g/mol. The zero-order valence-corrected chi connectivity index (χ0v) is 16.2. The average Bonchev–Trinajstić information content (AvgIpc) is 2.57. The molecule has 0 saturated heterocycles. The minimum absolute atomic E-state index is 0.0168. The van der Waals surface area contributed by atoms with E-state index in [1.54, 1.807) is 0 Å². The molecular formula is C20H36N6. The number of guanidine groups is 2. The van der Waals surface area contributed by atoms with E-state index in [0.717, 1.165) is 24.1 Å². The Labute approximate surface area is 158 Å². The van der Waals surface area contributed by atoms with Crippen molar-refractivity contribution in [1.82, 2.24) is 0 Å². The summed E-state index contributed by atoms with van der Waals surface area (Å²) in [5, 5.41) is 0. The van der Waals surface area contributed by atoms with Crippen molar-refractivity contribution in [3.8, 4) is 0 Å². The molecule has 0 unspecified atom stereocenters. The smallest absolute Gasteiger partial charge is 0.191 e. The van der Waals surface area contributed by atoms with E-state index in [2.05, 4.69) is 16.9 Å². The van der Waals surface area contributed by atoms with Crippen LogP contribution in [-0.4, -0.2) is 11.9 Å². The molecule has 0 saturated carbocycles. The summed E-state index contributed by atoms with van der Waals surface area (Å²) in [6.07, 6.45) is 14.1. The summed E-state index contributed by atoms with van der Waals surface area (Å²) >= 11 is 0. The van der Waals surface area contributed by atoms with Gasteiger partial charge in [-0.15, -0.1) is 0 Å². The van der Waals surface area contributed by atoms with Crippen LogP contribution in [-0.2, 0) is 6.42 Å². The van der Waals surface area contributed by atoms with Gasteiger partial charge in [-0.1, -0.05) is 70.8 Å². The maximum absolute atomic E-state index is 5.54. The molecule has 0 aliphatic carbocycles. The highest BCUT2D eigenvalue weighted by Crippen LogP contribution is 2.27. The number of benzene rings is 1. The van der Waals surface area contributed by atoms with E-state index >= 15 is 0 Å². The summed E-state index contributed by atoms with van der Waals surface area (Å²) in [5.74, 6) is 0.0549. The summed E-state index contributed by atoms with van der Waals surface area (Å²) in [6.45, 7) is 2.26. The number of hydrogen-bond acceptors (Lipinski definition) is 2. The van der Waals surface area contributed by atoms with Crippen molar-refractivity contribution in [2.45, 2.75) is 77.6 Å². The molecule has 0 atom stereocenters. The molecule has 0 amide bonds. The Kier molecular flexibility index (Phi) is 10.9. The molecule has 0 fully saturated rings. The first-order valence-electron chi connectivity index (χ1n) is 9.85. The number of nitrogens with two attached hydrogens (primary N) is 4. The summed E-state index contributed by atoms with van der Waals surface area (Å²) in [4.78, 5) is 8.26. The van der Waals surface area contributed by atoms with Gasteiger partial charge in [0.25, 0.3) is 0 Å². The first kappa shape index (κ1) is 21.8. The predicted octanol–water partition coefficient (Wildman–Crippen LogP) is 3.96. The first-order chi connectivity index (χ1) is 12.5. The maximum atomic E-state index is 5.54. The Hall–Kier alpha value is -2.24. The van der Waals surface area contributed by atoms with Crippen molar-refractivity contribution in [3.05, 3.63) is 23.8 Å². The predicted molar refractivity (Wildman–Crippen MR) is 113 cm³/mol. The van der Waals surface area contributed by atoms with E-state index in [4.69, 9.17) is 22.9 Å². The highest BCUT2D eigenvalue weighted by atomic mass is 15.0. The van der Waals surface area contributed by atoms with Crippen LogP contribution >= 0.6 is 0 Å². The highest BCUT2D eigenvalue weighted by Gasteiger charge is 2.04. The third-order valence-corrected chi connectivity index (χ3v) is 4.38. The van der Waals surface area contributed by atoms with Gasteiger partial charge in [-0.2, -0.15) is 0 Å². The fourth-order valence-corrected chi connectivity index (χ4v) is 3.03. The van der Waals surface area contributed by atoms with Crippen LogP contribution in [0.25, 0.3) is 0 Å². The molecule has 0 aromatic heterocycles. The second-order valence-corrected chi connectivity index (χ2v) is 6.82. The summed E-state index contributed by atoms with van der Waals surface area (Å²) < 4.78 is 0. The van der Waals surface area contributed by atoms with Gasteiger partial charge in [0.15, 0.2) is 11.9 Å². The molecule has 6 heteroatoms. The van der Waals surface area contributed by atoms with Crippen molar-refractivity contribution in [3.63, 3.8) is 0 Å². The van der Waals surface area contributed by atoms with Gasteiger partial charge in [-0.05, 0) is 30.5 Å². The molecule has 1 rings (SSSR count). The molecule has 26 heavy (non-hydrogen) atoms. The fraction of sp³-hybridized carbons (Fsp3) is 0.600. The average molecular weight is 361 g/mol. The minimum Gasteiger partial charge on any atom is -0.370 e. The Balaban J connectivity index is 2.39. The van der Waals surface area contributed by atoms with Crippen LogP contribution < -0.4 is 22.9 Å². The minimum atomic E-state index is 0.0168. The van der Waals surface area contributed by atoms with Crippen LogP contribution in [0.1, 0.15) is 76.7 Å². The van der Waals surface area contributed by atoms with E-state index in [-0.39, 0.29) is 11.9 Å². The molecule has 0 radical (unpaired) electrons. The van der Waals surface area contributed by atoms with Crippen molar-refractivity contribution < 1.29 is 0 Å². The van der Waals surface area contributed by atoms with Gasteiger partial charge in [-0.25, -0.2) is 9.98 Å². The van der Waals surface area contributed by atoms with Gasteiger partial charge in [0, 0.05) is 0 Å². The van der Waals surface area contributed by atoms with Crippen LogP contribution in [0.2, 0.25) is 0 Å². The van der Waals surface area contributed by atoms with Crippen LogP contribution in [0.3, 0.4) is 0 Å². The quantitative estimate of drug-likeness (QED) is 0.241. The normalized spacial score (nSPS) is 10.5. The third-order valence-electron chi connectivity index (χ3n) is 4.38. The summed E-state index contributed by atoms with van der Waals surface area (Å²) in [6, 6.07) is 5.69. The maximum Gasteiger partial charge on any atom is 0.191 e. The Morgan fingerprint density at radius 2 is 1.27 bits per heavy atom. The van der Waals surface area contributed by atoms with Gasteiger partial charge in [0.2, 0.25) is 0 Å². The number of unbranched alkanes of at least 4 members (excludes halogenated alkanes) is 9. The number of aryl methyl sites for hydroxylation is 1. The number of rotatable bonds is 13. The molecule has 6 nitrogen and oxygen atoms in total. The molecular weight excluding hydrogens is 324 g/mol. The number of nitrogens with zero attached hydrogens (tertiary/aromatic N) is 2. The van der Waals surface area contributed by atoms with Crippen LogP contribution in [0.5, 0.6) is 0 Å². The SMILES string of the molecule is CCCCCCCCCCCCc1ccc(N=C(N)N)cc1N=C(N)N. The van der Waals surface area contributed by atoms with E-state index in [1.807, 2.05) is 18.2 Å². The molecule has 146 valence electrons. The molecule has 0 heterocycles. The highest BCUT2D eigenvalue weighted by molar-refractivity contribution is 5.82. The summed E-state index contributed by atoms with van der Waals surface area (Å²) in [5.41, 5.74) is 24.4. The fourth-order valence-electron chi connectivity index (χ4n) is 3.03. The van der Waals surface area contributed by atoms with E-state index in [1.165, 1.54) is 57.8 Å². The van der Waals surface area contributed by atoms with Crippen molar-refractivity contribution >= 4 is 23.3 Å². The molecule has 0 aliphatic heterocycles. The largest absolute Gasteiger partial charge is 0.370 e. The Morgan fingerprint density at radius 1 is 0.731 bits per heavy atom. The topological polar surface area (TPSA) is 129 Å². The lowest BCUT2D eigenvalue weighted by atomic mass is 10.0. The lowest BCUT2D eigenvalue weighted by molar-refractivity contribution is 0.556. The second kappa shape index (κ2) is 13.0. The standard InChI is InChI=1S/C20H36N6/c1-2-3-4-5-6-7-8-9-10-11-12-16-13-14-17(25-19(21)22)15-18(16)26-20(23)24/h13-15H,2-12H2,1H3,(H4,21,22,25)(H4,23,24,26). The molecule has 8 N–H and O–H groups in total. The number of hydrogen-bond donors (Lipinski definition) is 4. The zero-order chi connectivity index (χ0) is 19.2. The Morgan fingerprint density at radius 3 is 1.81 bits per heavy atom. The molecule has 0 spiro atoms. The van der Waals surface area contributed by atoms with Gasteiger partial charge < -0.3 is 22.9 Å². The first-order valence-corrected chi connectivity index (χ1v) is 9.85. The van der Waals surface area contributed by atoms with Crippen LogP contribution in [0, 0.1) is 0 Å². The number of aliphatic imine (C=N–C) groups is 2. The van der Waals surface area contributed by atoms with Gasteiger partial charge in [0.1, 0.15) is 0 Å². The third kappa shape index (κ3) is 9.91. The van der Waals surface area contributed by atoms with Crippen molar-refractivity contribution in [2.75, 3.05) is 0 Å². The van der Waals surface area contributed by atoms with E-state index < -0.39 is 0 Å². The van der Waals surface area contributed by atoms with Gasteiger partial charge in [0.05, 0.1) is 11.4 Å². The van der Waals surface area contributed by atoms with Crippen LogP contribution in [0.4, 0.5) is 11.4 Å². The van der Waals surface area contributed by atoms with Gasteiger partial charge in [-0.3, -0.25) is 0 Å². The van der Waals surface area contributed by atoms with Gasteiger partial charge >= 0.3 is 0 Å². The molecule has 1 aromatic rings. The lowest BCUT2D eigenvalue weighted by Crippen LogP contribution is -2.22. The molecule has 0 aliphatic rings. The van der Waals surface area contributed by atoms with Crippen LogP contribution in [0.15, 0.2) is 28.2 Å². The zero-order valence-electron chi connectivity index (χ0n) is 16.2. The second-order valence-electron chi connectivity index (χ2n) is 6.82. The summed E-state index contributed by atoms with van der Waals surface area (Å²) in [7, 11) is 0. The van der Waals surface area contributed by atoms with E-state index in [0.29, 0.717) is 5.69 Å². The van der Waals surface area contributed by atoms with Crippen molar-refractivity contribution in [2.24, 2.45) is 32.9 Å². The van der Waals surface area contributed by atoms with E-state index in [9.17, 15) is 0 Å². The Bertz CT molecular complexity index is 572. The lowest BCUT2D eigenvalue weighted by Gasteiger charge is -2.08. The molecule has 0 bridgehead atoms.